The lowest BCUT2D eigenvalue weighted by molar-refractivity contribution is 0.00578. The molecule has 0 atom stereocenters. The zero-order valence-electron chi connectivity index (χ0n) is 23.8. The highest BCUT2D eigenvalue weighted by atomic mass is 16.7. The van der Waals surface area contributed by atoms with Crippen LogP contribution in [0, 0.1) is 0 Å². The largest absolute Gasteiger partial charge is 0.496 e. The lowest BCUT2D eigenvalue weighted by Gasteiger charge is -2.32. The van der Waals surface area contributed by atoms with Gasteiger partial charge < -0.3 is 18.6 Å². The molecule has 0 aromatic heterocycles. The van der Waals surface area contributed by atoms with Gasteiger partial charge >= 0.3 is 14.2 Å². The molecule has 0 aliphatic carbocycles. The van der Waals surface area contributed by atoms with Gasteiger partial charge in [0, 0.05) is 0 Å². The van der Waals surface area contributed by atoms with Gasteiger partial charge in [-0.25, -0.2) is 0 Å². The monoisotopic (exact) mass is 486 g/mol. The maximum atomic E-state index is 6.64. The normalized spacial score (nSPS) is 22.6. The zero-order chi connectivity index (χ0) is 26.5. The predicted molar refractivity (Wildman–Crippen MR) is 152 cm³/mol. The van der Waals surface area contributed by atoms with E-state index in [4.69, 9.17) is 18.6 Å². The second-order valence-electron chi connectivity index (χ2n) is 13.6. The number of hydrogen-bond acceptors (Lipinski definition) is 4. The summed E-state index contributed by atoms with van der Waals surface area (Å²) in [4.78, 5) is 0. The first-order valence-corrected chi connectivity index (χ1v) is 13.2. The molecule has 36 heavy (non-hydrogen) atoms. The second-order valence-corrected chi connectivity index (χ2v) is 13.6. The Balaban J connectivity index is 1.85. The minimum Gasteiger partial charge on any atom is -0.399 e. The topological polar surface area (TPSA) is 36.9 Å². The molecule has 2 heterocycles. The molecule has 2 aliphatic heterocycles. The van der Waals surface area contributed by atoms with Crippen LogP contribution < -0.4 is 10.9 Å². The summed E-state index contributed by atoms with van der Waals surface area (Å²) in [7, 11) is -0.958. The average Bonchev–Trinajstić information content (AvgIpc) is 3.09. The van der Waals surface area contributed by atoms with Gasteiger partial charge in [-0.1, -0.05) is 63.2 Å². The minimum atomic E-state index is -0.482. The number of benzene rings is 3. The molecule has 0 unspecified atom stereocenters. The Morgan fingerprint density at radius 1 is 0.528 bits per heavy atom. The Bertz CT molecular complexity index is 1320. The third-order valence-corrected chi connectivity index (χ3v) is 8.95. The van der Waals surface area contributed by atoms with Gasteiger partial charge in [-0.2, -0.15) is 0 Å². The first-order valence-electron chi connectivity index (χ1n) is 13.2. The predicted octanol–water partition coefficient (Wildman–Crippen LogP) is 5.89. The van der Waals surface area contributed by atoms with Crippen LogP contribution in [0.1, 0.15) is 81.7 Å². The highest BCUT2D eigenvalue weighted by Gasteiger charge is 2.55. The van der Waals surface area contributed by atoms with Crippen LogP contribution in [0.2, 0.25) is 0 Å². The summed E-state index contributed by atoms with van der Waals surface area (Å²) in [5.41, 5.74) is 1.68. The molecule has 0 saturated carbocycles. The van der Waals surface area contributed by atoms with Crippen molar-refractivity contribution in [1.82, 2.24) is 0 Å². The van der Waals surface area contributed by atoms with Crippen LogP contribution in [-0.4, -0.2) is 36.6 Å². The Labute approximate surface area is 217 Å². The van der Waals surface area contributed by atoms with E-state index in [9.17, 15) is 0 Å². The maximum absolute atomic E-state index is 6.64. The van der Waals surface area contributed by atoms with Gasteiger partial charge in [-0.15, -0.1) is 0 Å². The Morgan fingerprint density at radius 2 is 0.889 bits per heavy atom. The van der Waals surface area contributed by atoms with Crippen LogP contribution in [0.25, 0.3) is 21.5 Å². The van der Waals surface area contributed by atoms with Crippen molar-refractivity contribution in [2.75, 3.05) is 0 Å². The number of rotatable bonds is 2. The van der Waals surface area contributed by atoms with E-state index < -0.39 is 36.6 Å². The molecular formula is C30H40B2O4. The summed E-state index contributed by atoms with van der Waals surface area (Å²) in [5, 5.41) is 4.46. The van der Waals surface area contributed by atoms with E-state index in [1.807, 2.05) is 0 Å². The molecule has 3 aromatic carbocycles. The van der Waals surface area contributed by atoms with Crippen LogP contribution in [0.5, 0.6) is 0 Å². The first kappa shape index (κ1) is 25.8. The molecule has 2 aliphatic rings. The lowest BCUT2D eigenvalue weighted by atomic mass is 9.66. The Kier molecular flexibility index (Phi) is 5.61. The summed E-state index contributed by atoms with van der Waals surface area (Å²) in [5.74, 6) is 0. The molecule has 2 saturated heterocycles. The van der Waals surface area contributed by atoms with Crippen molar-refractivity contribution in [3.05, 3.63) is 48.0 Å². The molecule has 0 N–H and O–H groups in total. The van der Waals surface area contributed by atoms with Crippen molar-refractivity contribution in [2.24, 2.45) is 0 Å². The molecular weight excluding hydrogens is 446 g/mol. The molecule has 4 nitrogen and oxygen atoms in total. The molecule has 3 aromatic rings. The van der Waals surface area contributed by atoms with Gasteiger partial charge in [0.2, 0.25) is 0 Å². The van der Waals surface area contributed by atoms with Gasteiger partial charge in [-0.05, 0) is 98.8 Å². The third-order valence-electron chi connectivity index (χ3n) is 8.95. The maximum Gasteiger partial charge on any atom is 0.496 e. The van der Waals surface area contributed by atoms with E-state index in [0.717, 1.165) is 32.5 Å². The fourth-order valence-corrected chi connectivity index (χ4v) is 5.14. The van der Waals surface area contributed by atoms with Gasteiger partial charge in [0.15, 0.2) is 0 Å². The lowest BCUT2D eigenvalue weighted by Crippen LogP contribution is -2.41. The van der Waals surface area contributed by atoms with Gasteiger partial charge in [0.05, 0.1) is 22.4 Å². The summed E-state index contributed by atoms with van der Waals surface area (Å²) < 4.78 is 26.5. The van der Waals surface area contributed by atoms with Crippen LogP contribution in [0.15, 0.2) is 42.5 Å². The fourth-order valence-electron chi connectivity index (χ4n) is 5.14. The minimum absolute atomic E-state index is 0.00244. The molecule has 190 valence electrons. The SMILES string of the molecule is CC(C)(C)c1ccc2c(B3OC(C)(C)C(C)(C)O3)c3ccccc3c(B3OC(C)(C)C(C)(C)O3)c2c1. The van der Waals surface area contributed by atoms with Crippen molar-refractivity contribution < 1.29 is 18.6 Å². The summed E-state index contributed by atoms with van der Waals surface area (Å²) in [6.07, 6.45) is 0. The van der Waals surface area contributed by atoms with Gasteiger partial charge in [0.1, 0.15) is 0 Å². The van der Waals surface area contributed by atoms with Crippen molar-refractivity contribution in [1.29, 1.82) is 0 Å². The molecule has 0 radical (unpaired) electrons. The highest BCUT2D eigenvalue weighted by Crippen LogP contribution is 2.40. The molecule has 2 fully saturated rings. The van der Waals surface area contributed by atoms with E-state index in [1.165, 1.54) is 5.56 Å². The zero-order valence-corrected chi connectivity index (χ0v) is 23.8. The van der Waals surface area contributed by atoms with Crippen LogP contribution >= 0.6 is 0 Å². The van der Waals surface area contributed by atoms with E-state index >= 15 is 0 Å². The van der Waals surface area contributed by atoms with Gasteiger partial charge in [0.25, 0.3) is 0 Å². The molecule has 5 rings (SSSR count). The van der Waals surface area contributed by atoms with Crippen LogP contribution in [0.3, 0.4) is 0 Å². The summed E-state index contributed by atoms with van der Waals surface area (Å²) in [6, 6.07) is 15.3. The van der Waals surface area contributed by atoms with Gasteiger partial charge in [-0.3, -0.25) is 0 Å². The van der Waals surface area contributed by atoms with Crippen molar-refractivity contribution >= 4 is 46.7 Å². The number of fused-ring (bicyclic) bond motifs is 2. The van der Waals surface area contributed by atoms with Crippen molar-refractivity contribution in [3.63, 3.8) is 0 Å². The third kappa shape index (κ3) is 3.84. The molecule has 6 heteroatoms. The quantitative estimate of drug-likeness (QED) is 0.335. The molecule has 0 amide bonds. The van der Waals surface area contributed by atoms with E-state index in [2.05, 4.69) is 119 Å². The average molecular weight is 486 g/mol. The van der Waals surface area contributed by atoms with Crippen molar-refractivity contribution in [2.45, 2.75) is 104 Å². The van der Waals surface area contributed by atoms with E-state index in [1.54, 1.807) is 0 Å². The summed E-state index contributed by atoms with van der Waals surface area (Å²) in [6.45, 7) is 23.6. The van der Waals surface area contributed by atoms with E-state index in [-0.39, 0.29) is 5.41 Å². The smallest absolute Gasteiger partial charge is 0.399 e. The second kappa shape index (κ2) is 7.83. The summed E-state index contributed by atoms with van der Waals surface area (Å²) >= 11 is 0. The van der Waals surface area contributed by atoms with Crippen molar-refractivity contribution in [3.8, 4) is 0 Å². The molecule has 0 spiro atoms. The Hall–Kier alpha value is -1.85. The fraction of sp³-hybridized carbons (Fsp3) is 0.533. The van der Waals surface area contributed by atoms with Crippen LogP contribution in [0.4, 0.5) is 0 Å². The first-order chi connectivity index (χ1) is 16.5. The standard InChI is InChI=1S/C30H40B2O4/c1-26(2,3)19-16-17-22-23(18-19)25(32-35-29(8,9)30(10,11)36-32)21-15-13-12-14-20(21)24(22)31-33-27(4,5)28(6,7)34-31/h12-18H,1-11H3. The molecule has 0 bridgehead atoms. The van der Waals surface area contributed by atoms with E-state index in [0.29, 0.717) is 0 Å². The highest BCUT2D eigenvalue weighted by molar-refractivity contribution is 6.73. The Morgan fingerprint density at radius 3 is 1.28 bits per heavy atom. The number of hydrogen-bond donors (Lipinski definition) is 0. The van der Waals surface area contributed by atoms with Crippen LogP contribution in [-0.2, 0) is 24.0 Å².